The van der Waals surface area contributed by atoms with E-state index in [0.29, 0.717) is 11.3 Å². The van der Waals surface area contributed by atoms with Crippen molar-refractivity contribution < 1.29 is 14.6 Å². The number of rotatable bonds is 5. The smallest absolute Gasteiger partial charge is 0.291 e. The summed E-state index contributed by atoms with van der Waals surface area (Å²) in [5.74, 6) is 0.248. The Kier molecular flexibility index (Phi) is 4.77. The predicted molar refractivity (Wildman–Crippen MR) is 82.4 cm³/mol. The molecule has 0 unspecified atom stereocenters. The second-order valence-corrected chi connectivity index (χ2v) is 4.99. The molecule has 3 N–H and O–H groups in total. The van der Waals surface area contributed by atoms with Crippen LogP contribution in [0.15, 0.2) is 29.4 Å². The van der Waals surface area contributed by atoms with Crippen molar-refractivity contribution in [2.24, 2.45) is 5.10 Å². The molecule has 0 atom stereocenters. The molecule has 0 saturated heterocycles. The van der Waals surface area contributed by atoms with E-state index in [2.05, 4.69) is 20.7 Å². The molecule has 22 heavy (non-hydrogen) atoms. The van der Waals surface area contributed by atoms with Gasteiger partial charge in [-0.2, -0.15) is 10.2 Å². The minimum absolute atomic E-state index is 0.0430. The summed E-state index contributed by atoms with van der Waals surface area (Å²) in [6, 6.07) is 6.44. The Labute approximate surface area is 128 Å². The molecule has 0 radical (unpaired) electrons. The Hall–Kier alpha value is -2.83. The van der Waals surface area contributed by atoms with Gasteiger partial charge in [-0.05, 0) is 35.7 Å². The molecule has 0 bridgehead atoms. The van der Waals surface area contributed by atoms with Crippen molar-refractivity contribution >= 4 is 12.1 Å². The van der Waals surface area contributed by atoms with Crippen molar-refractivity contribution in [2.45, 2.75) is 19.8 Å². The molecule has 2 aromatic rings. The number of nitrogens with one attached hydrogen (secondary N) is 2. The molecular formula is C15H18N4O3. The zero-order valence-electron chi connectivity index (χ0n) is 12.6. The highest BCUT2D eigenvalue weighted by atomic mass is 16.5. The molecule has 0 saturated carbocycles. The van der Waals surface area contributed by atoms with Gasteiger partial charge in [-0.25, -0.2) is 5.43 Å². The van der Waals surface area contributed by atoms with Gasteiger partial charge in [-0.15, -0.1) is 0 Å². The van der Waals surface area contributed by atoms with E-state index in [0.717, 1.165) is 5.69 Å². The molecule has 2 rings (SSSR count). The third-order valence-corrected chi connectivity index (χ3v) is 3.04. The van der Waals surface area contributed by atoms with Crippen LogP contribution in [0.4, 0.5) is 0 Å². The minimum atomic E-state index is -0.398. The van der Waals surface area contributed by atoms with E-state index in [1.54, 1.807) is 18.2 Å². The number of nitrogens with zero attached hydrogens (tertiary/aromatic N) is 2. The number of H-pyrrole nitrogens is 1. The molecule has 0 aliphatic rings. The maximum Gasteiger partial charge on any atom is 0.291 e. The average molecular weight is 302 g/mol. The maximum absolute atomic E-state index is 11.9. The van der Waals surface area contributed by atoms with Crippen LogP contribution in [0.5, 0.6) is 11.5 Å². The predicted octanol–water partition coefficient (Wildman–Crippen LogP) is 2.01. The Morgan fingerprint density at radius 3 is 2.86 bits per heavy atom. The number of aromatic nitrogens is 2. The van der Waals surface area contributed by atoms with E-state index in [1.165, 1.54) is 19.4 Å². The first-order valence-electron chi connectivity index (χ1n) is 6.77. The number of hydrogen-bond donors (Lipinski definition) is 3. The highest BCUT2D eigenvalue weighted by Crippen LogP contribution is 2.25. The number of phenols is 1. The number of carbonyl (C=O) groups is 1. The van der Waals surface area contributed by atoms with Crippen LogP contribution >= 0.6 is 0 Å². The molecule has 0 fully saturated rings. The fourth-order valence-electron chi connectivity index (χ4n) is 1.75. The zero-order chi connectivity index (χ0) is 16.1. The van der Waals surface area contributed by atoms with Crippen LogP contribution in [0.3, 0.4) is 0 Å². The summed E-state index contributed by atoms with van der Waals surface area (Å²) in [5.41, 5.74) is 4.24. The van der Waals surface area contributed by atoms with Gasteiger partial charge in [0.1, 0.15) is 0 Å². The van der Waals surface area contributed by atoms with Gasteiger partial charge >= 0.3 is 0 Å². The SMILES string of the molecule is COc1cc(/C=N/NC(=O)c2cc(C(C)C)[nH]n2)ccc1O. The second-order valence-electron chi connectivity index (χ2n) is 4.99. The Balaban J connectivity index is 2.00. The summed E-state index contributed by atoms with van der Waals surface area (Å²) in [6.45, 7) is 4.01. The molecule has 1 heterocycles. The first-order valence-corrected chi connectivity index (χ1v) is 6.77. The van der Waals surface area contributed by atoms with Crippen molar-refractivity contribution in [2.75, 3.05) is 7.11 Å². The van der Waals surface area contributed by atoms with Crippen molar-refractivity contribution in [3.8, 4) is 11.5 Å². The normalized spacial score (nSPS) is 11.1. The highest BCUT2D eigenvalue weighted by molar-refractivity contribution is 5.93. The van der Waals surface area contributed by atoms with E-state index >= 15 is 0 Å². The second kappa shape index (κ2) is 6.75. The number of amides is 1. The fourth-order valence-corrected chi connectivity index (χ4v) is 1.75. The molecule has 0 aliphatic heterocycles. The van der Waals surface area contributed by atoms with E-state index in [-0.39, 0.29) is 17.4 Å². The van der Waals surface area contributed by atoms with Gasteiger partial charge in [0.2, 0.25) is 0 Å². The van der Waals surface area contributed by atoms with Crippen LogP contribution in [0, 0.1) is 0 Å². The van der Waals surface area contributed by atoms with E-state index in [1.807, 2.05) is 13.8 Å². The Morgan fingerprint density at radius 1 is 1.45 bits per heavy atom. The molecule has 0 aliphatic carbocycles. The lowest BCUT2D eigenvalue weighted by Gasteiger charge is -2.03. The molecule has 1 amide bonds. The zero-order valence-corrected chi connectivity index (χ0v) is 12.6. The summed E-state index contributed by atoms with van der Waals surface area (Å²) >= 11 is 0. The summed E-state index contributed by atoms with van der Waals surface area (Å²) in [7, 11) is 1.46. The lowest BCUT2D eigenvalue weighted by molar-refractivity contribution is 0.0950. The number of methoxy groups -OCH3 is 1. The summed E-state index contributed by atoms with van der Waals surface area (Å²) < 4.78 is 4.99. The topological polar surface area (TPSA) is 99.6 Å². The van der Waals surface area contributed by atoms with Crippen LogP contribution < -0.4 is 10.2 Å². The number of carbonyl (C=O) groups excluding carboxylic acids is 1. The van der Waals surface area contributed by atoms with Gasteiger partial charge < -0.3 is 9.84 Å². The minimum Gasteiger partial charge on any atom is -0.504 e. The van der Waals surface area contributed by atoms with E-state index in [9.17, 15) is 9.90 Å². The maximum atomic E-state index is 11.9. The third-order valence-electron chi connectivity index (χ3n) is 3.04. The largest absolute Gasteiger partial charge is 0.504 e. The number of ether oxygens (including phenoxy) is 1. The standard InChI is InChI=1S/C15H18N4O3/c1-9(2)11-7-12(18-17-11)15(21)19-16-8-10-4-5-13(20)14(6-10)22-3/h4-9,20H,1-3H3,(H,17,18)(H,19,21)/b16-8+. The lowest BCUT2D eigenvalue weighted by Crippen LogP contribution is -2.18. The molecule has 116 valence electrons. The van der Waals surface area contributed by atoms with Gasteiger partial charge in [0.05, 0.1) is 13.3 Å². The van der Waals surface area contributed by atoms with Crippen molar-refractivity contribution in [1.82, 2.24) is 15.6 Å². The molecule has 7 heteroatoms. The highest BCUT2D eigenvalue weighted by Gasteiger charge is 2.11. The molecule has 0 spiro atoms. The summed E-state index contributed by atoms with van der Waals surface area (Å²) in [6.07, 6.45) is 1.45. The van der Waals surface area contributed by atoms with Gasteiger partial charge in [-0.3, -0.25) is 9.89 Å². The molecule has 1 aromatic heterocycles. The third kappa shape index (κ3) is 3.63. The first-order chi connectivity index (χ1) is 10.5. The van der Waals surface area contributed by atoms with Gasteiger partial charge in [-0.1, -0.05) is 13.8 Å². The van der Waals surface area contributed by atoms with Crippen molar-refractivity contribution in [1.29, 1.82) is 0 Å². The number of hydrazone groups is 1. The first kappa shape index (κ1) is 15.6. The lowest BCUT2D eigenvalue weighted by atomic mass is 10.1. The Bertz CT molecular complexity index is 692. The van der Waals surface area contributed by atoms with Gasteiger partial charge in [0, 0.05) is 5.69 Å². The van der Waals surface area contributed by atoms with Crippen molar-refractivity contribution in [3.63, 3.8) is 0 Å². The summed E-state index contributed by atoms with van der Waals surface area (Å²) in [5, 5.41) is 20.1. The van der Waals surface area contributed by atoms with E-state index < -0.39 is 5.91 Å². The van der Waals surface area contributed by atoms with Crippen LogP contribution in [-0.2, 0) is 0 Å². The monoisotopic (exact) mass is 302 g/mol. The number of phenolic OH excluding ortho intramolecular Hbond substituents is 1. The van der Waals surface area contributed by atoms with Crippen molar-refractivity contribution in [3.05, 3.63) is 41.2 Å². The van der Waals surface area contributed by atoms with Crippen LogP contribution in [0.2, 0.25) is 0 Å². The Morgan fingerprint density at radius 2 is 2.23 bits per heavy atom. The average Bonchev–Trinajstić information content (AvgIpc) is 2.99. The molecule has 1 aromatic carbocycles. The van der Waals surface area contributed by atoms with Gasteiger partial charge in [0.15, 0.2) is 17.2 Å². The number of benzene rings is 1. The number of aromatic hydroxyl groups is 1. The molecular weight excluding hydrogens is 284 g/mol. The fraction of sp³-hybridized carbons (Fsp3) is 0.267. The van der Waals surface area contributed by atoms with Gasteiger partial charge in [0.25, 0.3) is 5.91 Å². The number of hydrogen-bond acceptors (Lipinski definition) is 5. The van der Waals surface area contributed by atoms with Crippen LogP contribution in [0.25, 0.3) is 0 Å². The number of aromatic amines is 1. The van der Waals surface area contributed by atoms with Crippen LogP contribution in [-0.4, -0.2) is 34.5 Å². The van der Waals surface area contributed by atoms with E-state index in [4.69, 9.17) is 4.74 Å². The summed E-state index contributed by atoms with van der Waals surface area (Å²) in [4.78, 5) is 11.9. The van der Waals surface area contributed by atoms with Crippen LogP contribution in [0.1, 0.15) is 41.5 Å². The molecule has 7 nitrogen and oxygen atoms in total. The quantitative estimate of drug-likeness (QED) is 0.581.